The number of para-hydroxylation sites is 1. The molecule has 3 aliphatic heterocycles. The number of ether oxygens (including phenoxy) is 2. The average Bonchev–Trinajstić information content (AvgIpc) is 3.19. The summed E-state index contributed by atoms with van der Waals surface area (Å²) in [7, 11) is 0. The number of nitrogens with zero attached hydrogens (tertiary/aromatic N) is 2. The number of benzene rings is 2. The van der Waals surface area contributed by atoms with Crippen LogP contribution in [0.1, 0.15) is 0 Å². The fourth-order valence-corrected chi connectivity index (χ4v) is 2.90. The molecule has 6 nitrogen and oxygen atoms in total. The van der Waals surface area contributed by atoms with Gasteiger partial charge in [-0.3, -0.25) is 4.79 Å². The fraction of sp³-hybridized carbons (Fsp3) is 0.0588. The van der Waals surface area contributed by atoms with Crippen LogP contribution >= 0.6 is 0 Å². The summed E-state index contributed by atoms with van der Waals surface area (Å²) in [6.45, 7) is 0.198. The quantitative estimate of drug-likeness (QED) is 0.587. The number of H-pyrrole nitrogens is 1. The van der Waals surface area contributed by atoms with Crippen LogP contribution in [0.5, 0.6) is 11.5 Å². The van der Waals surface area contributed by atoms with Crippen LogP contribution in [0.25, 0.3) is 27.8 Å². The van der Waals surface area contributed by atoms with Crippen LogP contribution in [-0.2, 0) is 0 Å². The van der Waals surface area contributed by atoms with E-state index in [9.17, 15) is 4.79 Å². The third kappa shape index (κ3) is 1.69. The number of fused-ring (bicyclic) bond motifs is 4. The Morgan fingerprint density at radius 1 is 1.09 bits per heavy atom. The molecule has 0 spiro atoms. The minimum atomic E-state index is -0.166. The van der Waals surface area contributed by atoms with Crippen molar-refractivity contribution in [3.8, 4) is 28.4 Å². The minimum Gasteiger partial charge on any atom is -0.454 e. The molecule has 0 radical (unpaired) electrons. The lowest BCUT2D eigenvalue weighted by atomic mass is 10.1. The van der Waals surface area contributed by atoms with Crippen molar-refractivity contribution in [2.45, 2.75) is 0 Å². The molecule has 3 heterocycles. The maximum atomic E-state index is 12.7. The highest BCUT2D eigenvalue weighted by Gasteiger charge is 2.20. The highest BCUT2D eigenvalue weighted by molar-refractivity contribution is 5.93. The number of hydrogen-bond acceptors (Lipinski definition) is 4. The van der Waals surface area contributed by atoms with Crippen molar-refractivity contribution in [3.05, 3.63) is 59.0 Å². The largest absolute Gasteiger partial charge is 0.454 e. The van der Waals surface area contributed by atoms with Crippen LogP contribution in [0.3, 0.4) is 0 Å². The summed E-state index contributed by atoms with van der Waals surface area (Å²) in [6, 6.07) is 13.1. The number of aromatic amines is 1. The van der Waals surface area contributed by atoms with Gasteiger partial charge in [-0.2, -0.15) is 9.78 Å². The van der Waals surface area contributed by atoms with E-state index in [1.54, 1.807) is 24.4 Å². The second-order valence-corrected chi connectivity index (χ2v) is 5.35. The SMILES string of the molecule is O=c1c2c[nH]c3ccccc3c-2nn1-c1ccc2c(c1)OCO2. The molecule has 0 saturated carbocycles. The van der Waals surface area contributed by atoms with E-state index in [1.165, 1.54) is 4.68 Å². The molecule has 23 heavy (non-hydrogen) atoms. The van der Waals surface area contributed by atoms with Crippen molar-refractivity contribution < 1.29 is 9.47 Å². The topological polar surface area (TPSA) is 69.1 Å². The standard InChI is InChI=1S/C17H11N3O3/c21-17-12-8-18-13-4-2-1-3-11(13)16(12)19-20(17)10-5-6-14-15(7-10)23-9-22-14/h1-8,18H,9H2. The molecule has 0 atom stereocenters. The fourth-order valence-electron chi connectivity index (χ4n) is 2.90. The molecule has 0 amide bonds. The second-order valence-electron chi connectivity index (χ2n) is 5.35. The van der Waals surface area contributed by atoms with E-state index in [4.69, 9.17) is 9.47 Å². The van der Waals surface area contributed by atoms with E-state index in [1.807, 2.05) is 24.3 Å². The van der Waals surface area contributed by atoms with Gasteiger partial charge in [0.2, 0.25) is 6.79 Å². The Bertz CT molecular complexity index is 1080. The van der Waals surface area contributed by atoms with Crippen molar-refractivity contribution in [2.24, 2.45) is 0 Å². The van der Waals surface area contributed by atoms with Crippen LogP contribution in [0.2, 0.25) is 0 Å². The summed E-state index contributed by atoms with van der Waals surface area (Å²) in [5.74, 6) is 1.30. The van der Waals surface area contributed by atoms with Crippen molar-refractivity contribution >= 4 is 10.9 Å². The third-order valence-corrected chi connectivity index (χ3v) is 4.03. The molecule has 5 rings (SSSR count). The number of aromatic nitrogens is 3. The maximum Gasteiger partial charge on any atom is 0.282 e. The number of nitrogens with one attached hydrogen (secondary N) is 1. The smallest absolute Gasteiger partial charge is 0.282 e. The summed E-state index contributed by atoms with van der Waals surface area (Å²) in [5, 5.41) is 5.44. The van der Waals surface area contributed by atoms with E-state index in [-0.39, 0.29) is 12.4 Å². The lowest BCUT2D eigenvalue weighted by molar-refractivity contribution is 0.174. The average molecular weight is 305 g/mol. The molecule has 3 aliphatic rings. The predicted octanol–water partition coefficient (Wildman–Crippen LogP) is 2.55. The Morgan fingerprint density at radius 2 is 1.96 bits per heavy atom. The molecule has 0 fully saturated rings. The molecule has 6 heteroatoms. The van der Waals surface area contributed by atoms with Crippen molar-refractivity contribution in [2.75, 3.05) is 6.79 Å². The number of rotatable bonds is 1. The lowest BCUT2D eigenvalue weighted by Gasteiger charge is -2.02. The van der Waals surface area contributed by atoms with E-state index in [0.717, 1.165) is 10.9 Å². The van der Waals surface area contributed by atoms with Gasteiger partial charge in [-0.1, -0.05) is 18.2 Å². The van der Waals surface area contributed by atoms with Gasteiger partial charge >= 0.3 is 0 Å². The third-order valence-electron chi connectivity index (χ3n) is 4.03. The van der Waals surface area contributed by atoms with Crippen molar-refractivity contribution in [1.29, 1.82) is 0 Å². The zero-order chi connectivity index (χ0) is 15.4. The van der Waals surface area contributed by atoms with Crippen molar-refractivity contribution in [1.82, 2.24) is 14.8 Å². The van der Waals surface area contributed by atoms with E-state index in [0.29, 0.717) is 28.4 Å². The monoisotopic (exact) mass is 305 g/mol. The molecule has 2 aromatic carbocycles. The second kappa shape index (κ2) is 4.36. The molecule has 0 unspecified atom stereocenters. The Hall–Kier alpha value is -3.28. The number of hydrogen-bond donors (Lipinski definition) is 1. The molecule has 2 aromatic rings. The Kier molecular flexibility index (Phi) is 2.33. The zero-order valence-corrected chi connectivity index (χ0v) is 11.9. The van der Waals surface area contributed by atoms with Gasteiger partial charge in [-0.05, 0) is 18.2 Å². The Morgan fingerprint density at radius 3 is 2.91 bits per heavy atom. The molecule has 112 valence electrons. The molecule has 0 aromatic heterocycles. The lowest BCUT2D eigenvalue weighted by Crippen LogP contribution is -2.14. The minimum absolute atomic E-state index is 0.166. The molecule has 0 saturated heterocycles. The molecule has 0 bridgehead atoms. The first-order valence-corrected chi connectivity index (χ1v) is 7.20. The van der Waals surface area contributed by atoms with Gasteiger partial charge in [0.15, 0.2) is 11.5 Å². The van der Waals surface area contributed by atoms with Crippen LogP contribution in [-0.4, -0.2) is 21.6 Å². The van der Waals surface area contributed by atoms with E-state index in [2.05, 4.69) is 10.1 Å². The first kappa shape index (κ1) is 12.3. The van der Waals surface area contributed by atoms with Crippen LogP contribution < -0.4 is 15.0 Å². The summed E-state index contributed by atoms with van der Waals surface area (Å²) < 4.78 is 12.1. The summed E-state index contributed by atoms with van der Waals surface area (Å²) >= 11 is 0. The van der Waals surface area contributed by atoms with Crippen LogP contribution in [0.4, 0.5) is 0 Å². The van der Waals surface area contributed by atoms with Gasteiger partial charge in [-0.15, -0.1) is 0 Å². The molecular weight excluding hydrogens is 294 g/mol. The van der Waals surface area contributed by atoms with Gasteiger partial charge in [0.25, 0.3) is 5.56 Å². The van der Waals surface area contributed by atoms with Gasteiger partial charge in [0.1, 0.15) is 5.69 Å². The van der Waals surface area contributed by atoms with Crippen LogP contribution in [0, 0.1) is 0 Å². The first-order valence-electron chi connectivity index (χ1n) is 7.20. The van der Waals surface area contributed by atoms with Gasteiger partial charge in [0.05, 0.1) is 11.3 Å². The molecule has 0 aliphatic carbocycles. The molecule has 1 N–H and O–H groups in total. The Balaban J connectivity index is 1.79. The molecular formula is C17H11N3O3. The Labute approximate surface area is 130 Å². The van der Waals surface area contributed by atoms with Crippen LogP contribution in [0.15, 0.2) is 53.5 Å². The van der Waals surface area contributed by atoms with Gasteiger partial charge < -0.3 is 14.5 Å². The highest BCUT2D eigenvalue weighted by atomic mass is 16.7. The van der Waals surface area contributed by atoms with E-state index < -0.39 is 0 Å². The van der Waals surface area contributed by atoms with Gasteiger partial charge in [0, 0.05) is 23.2 Å². The van der Waals surface area contributed by atoms with Crippen molar-refractivity contribution in [3.63, 3.8) is 0 Å². The summed E-state index contributed by atoms with van der Waals surface area (Å²) in [4.78, 5) is 15.8. The highest BCUT2D eigenvalue weighted by Crippen LogP contribution is 2.34. The summed E-state index contributed by atoms with van der Waals surface area (Å²) in [5.41, 5.74) is 2.67. The van der Waals surface area contributed by atoms with E-state index >= 15 is 0 Å². The first-order chi connectivity index (χ1) is 11.3. The van der Waals surface area contributed by atoms with Gasteiger partial charge in [-0.25, -0.2) is 0 Å². The predicted molar refractivity (Wildman–Crippen MR) is 84.4 cm³/mol. The normalized spacial score (nSPS) is 13.0. The zero-order valence-electron chi connectivity index (χ0n) is 11.9. The number of pyridine rings is 1. The maximum absolute atomic E-state index is 12.7. The summed E-state index contributed by atoms with van der Waals surface area (Å²) in [6.07, 6.45) is 1.70.